The lowest BCUT2D eigenvalue weighted by Crippen LogP contribution is -2.30. The minimum atomic E-state index is -4.15. The molecule has 2 N–H and O–H groups in total. The number of ether oxygens (including phenoxy) is 1. The molecule has 1 aromatic rings. The number of carbonyl (C=O) groups excluding carboxylic acids is 1. The van der Waals surface area contributed by atoms with Gasteiger partial charge in [-0.05, 0) is 33.8 Å². The van der Waals surface area contributed by atoms with E-state index in [1.807, 2.05) is 0 Å². The topological polar surface area (TPSA) is 92.7 Å². The molecule has 0 aliphatic rings. The summed E-state index contributed by atoms with van der Waals surface area (Å²) < 4.78 is 50.1. The summed E-state index contributed by atoms with van der Waals surface area (Å²) in [5.74, 6) is -1.52. The fourth-order valence-electron chi connectivity index (χ4n) is 1.73. The van der Waals surface area contributed by atoms with Gasteiger partial charge in [-0.25, -0.2) is 9.18 Å². The van der Waals surface area contributed by atoms with Gasteiger partial charge >= 0.3 is 5.97 Å². The number of halogens is 2. The monoisotopic (exact) mass is 381 g/mol. The first-order valence-corrected chi connectivity index (χ1v) is 9.08. The van der Waals surface area contributed by atoms with Gasteiger partial charge in [0, 0.05) is 18.7 Å². The molecule has 0 heterocycles. The maximum atomic E-state index is 14.3. The zero-order valence-corrected chi connectivity index (χ0v) is 15.5. The Kier molecular flexibility index (Phi) is 6.75. The van der Waals surface area contributed by atoms with Crippen molar-refractivity contribution in [3.8, 4) is 0 Å². The normalized spacial score (nSPS) is 13.6. The third-order valence-electron chi connectivity index (χ3n) is 3.04. The molecule has 9 heteroatoms. The second-order valence-corrected chi connectivity index (χ2v) is 8.57. The molecule has 0 fully saturated rings. The van der Waals surface area contributed by atoms with Crippen molar-refractivity contribution in [2.24, 2.45) is 0 Å². The molecule has 0 amide bonds. The summed E-state index contributed by atoms with van der Waals surface area (Å²) in [5, 5.41) is 1.32. The smallest absolute Gasteiger partial charge is 0.340 e. The minimum absolute atomic E-state index is 0.0139. The Morgan fingerprint density at radius 3 is 2.50 bits per heavy atom. The Balaban J connectivity index is 2.83. The van der Waals surface area contributed by atoms with Crippen molar-refractivity contribution in [1.29, 1.82) is 0 Å². The van der Waals surface area contributed by atoms with Gasteiger partial charge in [0.15, 0.2) is 0 Å². The van der Waals surface area contributed by atoms with Crippen LogP contribution in [0.1, 0.15) is 43.6 Å². The SMILES string of the molecule is CC(CNCc1ccc(C(=O)OC(C)(C)C)c(Cl)c1F)S(=O)(=O)O. The van der Waals surface area contributed by atoms with E-state index in [0.717, 1.165) is 0 Å². The van der Waals surface area contributed by atoms with Gasteiger partial charge in [-0.15, -0.1) is 0 Å². The van der Waals surface area contributed by atoms with E-state index in [-0.39, 0.29) is 29.2 Å². The fraction of sp³-hybridized carbons (Fsp3) is 0.533. The molecule has 1 aromatic carbocycles. The van der Waals surface area contributed by atoms with Crippen molar-refractivity contribution in [3.63, 3.8) is 0 Å². The molecular weight excluding hydrogens is 361 g/mol. The Morgan fingerprint density at radius 1 is 1.42 bits per heavy atom. The summed E-state index contributed by atoms with van der Waals surface area (Å²) in [4.78, 5) is 12.0. The Morgan fingerprint density at radius 2 is 2.00 bits per heavy atom. The predicted octanol–water partition coefficient (Wildman–Crippen LogP) is 2.80. The molecule has 0 aromatic heterocycles. The summed E-state index contributed by atoms with van der Waals surface area (Å²) in [6, 6.07) is 2.72. The molecule has 1 atom stereocenters. The van der Waals surface area contributed by atoms with Gasteiger partial charge in [0.25, 0.3) is 10.1 Å². The van der Waals surface area contributed by atoms with Crippen molar-refractivity contribution in [2.75, 3.05) is 6.54 Å². The van der Waals surface area contributed by atoms with E-state index in [0.29, 0.717) is 0 Å². The lowest BCUT2D eigenvalue weighted by atomic mass is 10.1. The summed E-state index contributed by atoms with van der Waals surface area (Å²) in [6.07, 6.45) is 0. The fourth-order valence-corrected chi connectivity index (χ4v) is 2.32. The summed E-state index contributed by atoms with van der Waals surface area (Å²) in [5.41, 5.74) is -0.655. The predicted molar refractivity (Wildman–Crippen MR) is 89.3 cm³/mol. The van der Waals surface area contributed by atoms with Gasteiger partial charge in [0.05, 0.1) is 15.8 Å². The first kappa shape index (κ1) is 20.8. The second kappa shape index (κ2) is 7.77. The number of carbonyl (C=O) groups is 1. The molecule has 0 aliphatic carbocycles. The average Bonchev–Trinajstić information content (AvgIpc) is 2.40. The van der Waals surface area contributed by atoms with Crippen molar-refractivity contribution < 1.29 is 26.9 Å². The Hall–Kier alpha value is -1.22. The van der Waals surface area contributed by atoms with Gasteiger partial charge in [-0.3, -0.25) is 4.55 Å². The van der Waals surface area contributed by atoms with Gasteiger partial charge in [-0.1, -0.05) is 17.7 Å². The van der Waals surface area contributed by atoms with E-state index in [9.17, 15) is 17.6 Å². The van der Waals surface area contributed by atoms with Crippen LogP contribution in [-0.2, 0) is 21.4 Å². The highest BCUT2D eigenvalue weighted by Gasteiger charge is 2.23. The van der Waals surface area contributed by atoms with Crippen LogP contribution in [-0.4, -0.2) is 36.3 Å². The lowest BCUT2D eigenvalue weighted by Gasteiger charge is -2.20. The van der Waals surface area contributed by atoms with Crippen LogP contribution in [0.15, 0.2) is 12.1 Å². The van der Waals surface area contributed by atoms with Crippen LogP contribution < -0.4 is 5.32 Å². The van der Waals surface area contributed by atoms with E-state index in [4.69, 9.17) is 20.9 Å². The molecule has 6 nitrogen and oxygen atoms in total. The number of benzene rings is 1. The second-order valence-electron chi connectivity index (χ2n) is 6.36. The maximum absolute atomic E-state index is 14.3. The summed E-state index contributed by atoms with van der Waals surface area (Å²) in [6.45, 7) is 6.29. The van der Waals surface area contributed by atoms with Crippen molar-refractivity contribution in [3.05, 3.63) is 34.1 Å². The lowest BCUT2D eigenvalue weighted by molar-refractivity contribution is 0.00692. The quantitative estimate of drug-likeness (QED) is 0.581. The van der Waals surface area contributed by atoms with Crippen LogP contribution in [0.5, 0.6) is 0 Å². The number of esters is 1. The summed E-state index contributed by atoms with van der Waals surface area (Å²) in [7, 11) is -4.15. The van der Waals surface area contributed by atoms with E-state index in [1.165, 1.54) is 19.1 Å². The van der Waals surface area contributed by atoms with Crippen LogP contribution in [0, 0.1) is 5.82 Å². The molecule has 1 rings (SSSR count). The number of nitrogens with one attached hydrogen (secondary N) is 1. The van der Waals surface area contributed by atoms with E-state index < -0.39 is 32.8 Å². The van der Waals surface area contributed by atoms with E-state index >= 15 is 0 Å². The molecule has 0 saturated carbocycles. The zero-order chi connectivity index (χ0) is 18.7. The average molecular weight is 382 g/mol. The highest BCUT2D eigenvalue weighted by Crippen LogP contribution is 2.25. The van der Waals surface area contributed by atoms with Crippen LogP contribution in [0.3, 0.4) is 0 Å². The van der Waals surface area contributed by atoms with Crippen molar-refractivity contribution >= 4 is 27.7 Å². The highest BCUT2D eigenvalue weighted by molar-refractivity contribution is 7.86. The molecule has 0 radical (unpaired) electrons. The molecule has 136 valence electrons. The number of hydrogen-bond donors (Lipinski definition) is 2. The standard InChI is InChI=1S/C15H21ClFNO5S/c1-9(24(20,21)22)7-18-8-10-5-6-11(12(16)13(10)17)14(19)23-15(2,3)4/h5-6,9,18H,7-8H2,1-4H3,(H,20,21,22). The Bertz CT molecular complexity index is 715. The first-order valence-electron chi connectivity index (χ1n) is 7.20. The van der Waals surface area contributed by atoms with Gasteiger partial charge < -0.3 is 10.1 Å². The number of hydrogen-bond acceptors (Lipinski definition) is 5. The van der Waals surface area contributed by atoms with E-state index in [2.05, 4.69) is 5.32 Å². The Labute approximate surface area is 146 Å². The van der Waals surface area contributed by atoms with Crippen LogP contribution in [0.2, 0.25) is 5.02 Å². The third kappa shape index (κ3) is 6.01. The molecule has 0 aliphatic heterocycles. The minimum Gasteiger partial charge on any atom is -0.456 e. The van der Waals surface area contributed by atoms with Gasteiger partial charge in [-0.2, -0.15) is 8.42 Å². The van der Waals surface area contributed by atoms with Crippen molar-refractivity contribution in [1.82, 2.24) is 5.32 Å². The van der Waals surface area contributed by atoms with Gasteiger partial charge in [0.1, 0.15) is 11.4 Å². The third-order valence-corrected chi connectivity index (χ3v) is 4.59. The van der Waals surface area contributed by atoms with Gasteiger partial charge in [0.2, 0.25) is 0 Å². The van der Waals surface area contributed by atoms with Crippen molar-refractivity contribution in [2.45, 2.75) is 45.1 Å². The maximum Gasteiger partial charge on any atom is 0.340 e. The molecule has 0 spiro atoms. The van der Waals surface area contributed by atoms with Crippen LogP contribution in [0.25, 0.3) is 0 Å². The number of rotatable bonds is 6. The first-order chi connectivity index (χ1) is 10.8. The van der Waals surface area contributed by atoms with Crippen LogP contribution in [0.4, 0.5) is 4.39 Å². The largest absolute Gasteiger partial charge is 0.456 e. The molecular formula is C15H21ClFNO5S. The molecule has 24 heavy (non-hydrogen) atoms. The molecule has 0 saturated heterocycles. The molecule has 0 bridgehead atoms. The zero-order valence-electron chi connectivity index (χ0n) is 13.9. The molecule has 1 unspecified atom stereocenters. The van der Waals surface area contributed by atoms with E-state index in [1.54, 1.807) is 20.8 Å². The highest BCUT2D eigenvalue weighted by atomic mass is 35.5. The summed E-state index contributed by atoms with van der Waals surface area (Å²) >= 11 is 5.90. The van der Waals surface area contributed by atoms with Crippen LogP contribution >= 0.6 is 11.6 Å².